The maximum Gasteiger partial charge on any atom is 0.418 e. The fourth-order valence-electron chi connectivity index (χ4n) is 2.52. The smallest absolute Gasteiger partial charge is 0.338 e. The van der Waals surface area contributed by atoms with E-state index in [4.69, 9.17) is 0 Å². The first-order valence-corrected chi connectivity index (χ1v) is 8.71. The SMILES string of the molecule is CCCCC(CC)CNC(=O)Nc1ccc(NC(C)=O)cc1C(F)(F)F. The minimum atomic E-state index is -4.66. The van der Waals surface area contributed by atoms with E-state index in [9.17, 15) is 22.8 Å². The van der Waals surface area contributed by atoms with Crippen LogP contribution in [0.3, 0.4) is 0 Å². The molecule has 0 fully saturated rings. The molecule has 26 heavy (non-hydrogen) atoms. The highest BCUT2D eigenvalue weighted by atomic mass is 19.4. The number of halogens is 3. The van der Waals surface area contributed by atoms with Crippen molar-refractivity contribution in [1.29, 1.82) is 0 Å². The number of unbranched alkanes of at least 4 members (excludes halogenated alkanes) is 1. The third kappa shape index (κ3) is 7.33. The zero-order valence-electron chi connectivity index (χ0n) is 15.3. The van der Waals surface area contributed by atoms with Gasteiger partial charge in [0.05, 0.1) is 11.3 Å². The van der Waals surface area contributed by atoms with Crippen molar-refractivity contribution in [3.63, 3.8) is 0 Å². The highest BCUT2D eigenvalue weighted by molar-refractivity contribution is 5.92. The molecule has 0 saturated heterocycles. The molecular weight excluding hydrogens is 347 g/mol. The molecule has 3 N–H and O–H groups in total. The largest absolute Gasteiger partial charge is 0.418 e. The number of hydrogen-bond donors (Lipinski definition) is 3. The Hall–Kier alpha value is -2.25. The first-order valence-electron chi connectivity index (χ1n) is 8.71. The molecule has 0 bridgehead atoms. The minimum Gasteiger partial charge on any atom is -0.338 e. The molecule has 146 valence electrons. The fraction of sp³-hybridized carbons (Fsp3) is 0.556. The lowest BCUT2D eigenvalue weighted by Gasteiger charge is -2.18. The lowest BCUT2D eigenvalue weighted by molar-refractivity contribution is -0.137. The van der Waals surface area contributed by atoms with E-state index >= 15 is 0 Å². The number of rotatable bonds is 8. The molecule has 0 aliphatic rings. The van der Waals surface area contributed by atoms with Crippen molar-refractivity contribution in [1.82, 2.24) is 5.32 Å². The van der Waals surface area contributed by atoms with Gasteiger partial charge in [-0.05, 0) is 30.5 Å². The summed E-state index contributed by atoms with van der Waals surface area (Å²) in [5.74, 6) is -0.181. The van der Waals surface area contributed by atoms with Gasteiger partial charge in [-0.2, -0.15) is 13.2 Å². The number of carbonyl (C=O) groups is 2. The van der Waals surface area contributed by atoms with Gasteiger partial charge in [-0.15, -0.1) is 0 Å². The molecule has 8 heteroatoms. The van der Waals surface area contributed by atoms with Crippen LogP contribution in [0.25, 0.3) is 0 Å². The Labute approximate surface area is 151 Å². The van der Waals surface area contributed by atoms with E-state index in [0.717, 1.165) is 37.8 Å². The summed E-state index contributed by atoms with van der Waals surface area (Å²) in [7, 11) is 0. The number of anilines is 2. The van der Waals surface area contributed by atoms with Gasteiger partial charge in [-0.1, -0.05) is 33.1 Å². The predicted molar refractivity (Wildman–Crippen MR) is 96.1 cm³/mol. The summed E-state index contributed by atoms with van der Waals surface area (Å²) in [6, 6.07) is 2.55. The quantitative estimate of drug-likeness (QED) is 0.600. The molecule has 3 amide bonds. The van der Waals surface area contributed by atoms with Gasteiger partial charge in [0, 0.05) is 19.2 Å². The Morgan fingerprint density at radius 3 is 2.38 bits per heavy atom. The summed E-state index contributed by atoms with van der Waals surface area (Å²) in [4.78, 5) is 23.0. The Kier molecular flexibility index (Phi) is 8.41. The van der Waals surface area contributed by atoms with Crippen molar-refractivity contribution in [2.45, 2.75) is 52.6 Å². The number of carbonyl (C=O) groups excluding carboxylic acids is 2. The Bertz CT molecular complexity index is 618. The van der Waals surface area contributed by atoms with E-state index in [1.165, 1.54) is 13.0 Å². The van der Waals surface area contributed by atoms with E-state index in [0.29, 0.717) is 12.5 Å². The van der Waals surface area contributed by atoms with Gasteiger partial charge in [-0.3, -0.25) is 4.79 Å². The van der Waals surface area contributed by atoms with Crippen LogP contribution < -0.4 is 16.0 Å². The summed E-state index contributed by atoms with van der Waals surface area (Å²) in [6.45, 7) is 5.71. The highest BCUT2D eigenvalue weighted by Gasteiger charge is 2.34. The van der Waals surface area contributed by atoms with Crippen LogP contribution in [0.1, 0.15) is 52.0 Å². The Balaban J connectivity index is 2.81. The molecule has 0 radical (unpaired) electrons. The fourth-order valence-corrected chi connectivity index (χ4v) is 2.52. The molecule has 0 heterocycles. The van der Waals surface area contributed by atoms with Crippen molar-refractivity contribution in [3.05, 3.63) is 23.8 Å². The average Bonchev–Trinajstić information content (AvgIpc) is 2.55. The van der Waals surface area contributed by atoms with Crippen LogP contribution in [0.5, 0.6) is 0 Å². The van der Waals surface area contributed by atoms with E-state index in [1.54, 1.807) is 0 Å². The molecule has 0 aliphatic heterocycles. The van der Waals surface area contributed by atoms with Gasteiger partial charge in [-0.25, -0.2) is 4.79 Å². The number of hydrogen-bond acceptors (Lipinski definition) is 2. The summed E-state index contributed by atoms with van der Waals surface area (Å²) < 4.78 is 39.7. The van der Waals surface area contributed by atoms with E-state index in [1.807, 2.05) is 6.92 Å². The number of nitrogens with one attached hydrogen (secondary N) is 3. The number of urea groups is 1. The Morgan fingerprint density at radius 1 is 1.15 bits per heavy atom. The second-order valence-corrected chi connectivity index (χ2v) is 6.19. The second kappa shape index (κ2) is 10.0. The third-order valence-electron chi connectivity index (χ3n) is 3.99. The van der Waals surface area contributed by atoms with Crippen LogP contribution in [-0.2, 0) is 11.0 Å². The highest BCUT2D eigenvalue weighted by Crippen LogP contribution is 2.36. The Morgan fingerprint density at radius 2 is 1.85 bits per heavy atom. The van der Waals surface area contributed by atoms with E-state index < -0.39 is 23.7 Å². The normalized spacial score (nSPS) is 12.4. The predicted octanol–water partition coefficient (Wildman–Crippen LogP) is 5.00. The summed E-state index contributed by atoms with van der Waals surface area (Å²) in [6.07, 6.45) is -0.709. The first kappa shape index (κ1) is 21.8. The van der Waals surface area contributed by atoms with E-state index in [2.05, 4.69) is 22.9 Å². The molecule has 1 atom stereocenters. The lowest BCUT2D eigenvalue weighted by Crippen LogP contribution is -2.33. The van der Waals surface area contributed by atoms with Crippen LogP contribution >= 0.6 is 0 Å². The molecule has 1 aromatic carbocycles. The van der Waals surface area contributed by atoms with Gasteiger partial charge >= 0.3 is 12.2 Å². The summed E-state index contributed by atoms with van der Waals surface area (Å²) in [5, 5.41) is 7.18. The van der Waals surface area contributed by atoms with E-state index in [-0.39, 0.29) is 11.4 Å². The van der Waals surface area contributed by atoms with Crippen LogP contribution in [-0.4, -0.2) is 18.5 Å². The number of amides is 3. The third-order valence-corrected chi connectivity index (χ3v) is 3.99. The standard InChI is InChI=1S/C18H26F3N3O2/c1-4-6-7-13(5-2)11-22-17(26)24-16-9-8-14(23-12(3)25)10-15(16)18(19,20)21/h8-10,13H,4-7,11H2,1-3H3,(H,23,25)(H2,22,24,26). The molecule has 0 saturated carbocycles. The van der Waals surface area contributed by atoms with Crippen molar-refractivity contribution >= 4 is 23.3 Å². The average molecular weight is 373 g/mol. The second-order valence-electron chi connectivity index (χ2n) is 6.19. The number of benzene rings is 1. The van der Waals surface area contributed by atoms with Crippen molar-refractivity contribution < 1.29 is 22.8 Å². The maximum atomic E-state index is 13.2. The molecule has 5 nitrogen and oxygen atoms in total. The molecule has 0 aliphatic carbocycles. The van der Waals surface area contributed by atoms with Crippen molar-refractivity contribution in [2.24, 2.45) is 5.92 Å². The van der Waals surface area contributed by atoms with Gasteiger partial charge in [0.15, 0.2) is 0 Å². The minimum absolute atomic E-state index is 0.0152. The van der Waals surface area contributed by atoms with Crippen LogP contribution in [0, 0.1) is 5.92 Å². The molecule has 1 rings (SSSR count). The molecule has 0 spiro atoms. The van der Waals surface area contributed by atoms with Crippen molar-refractivity contribution in [3.8, 4) is 0 Å². The van der Waals surface area contributed by atoms with Gasteiger partial charge in [0.25, 0.3) is 0 Å². The van der Waals surface area contributed by atoms with Crippen LogP contribution in [0.2, 0.25) is 0 Å². The lowest BCUT2D eigenvalue weighted by atomic mass is 9.99. The zero-order chi connectivity index (χ0) is 19.7. The molecule has 1 unspecified atom stereocenters. The van der Waals surface area contributed by atoms with Crippen LogP contribution in [0.15, 0.2) is 18.2 Å². The summed E-state index contributed by atoms with van der Waals surface area (Å²) in [5.41, 5.74) is -1.36. The van der Waals surface area contributed by atoms with Crippen LogP contribution in [0.4, 0.5) is 29.3 Å². The maximum absolute atomic E-state index is 13.2. The molecule has 1 aromatic rings. The number of alkyl halides is 3. The van der Waals surface area contributed by atoms with Crippen molar-refractivity contribution in [2.75, 3.05) is 17.2 Å². The van der Waals surface area contributed by atoms with Gasteiger partial charge < -0.3 is 16.0 Å². The van der Waals surface area contributed by atoms with Gasteiger partial charge in [0.1, 0.15) is 0 Å². The zero-order valence-corrected chi connectivity index (χ0v) is 15.3. The first-order chi connectivity index (χ1) is 12.2. The topological polar surface area (TPSA) is 70.2 Å². The molecular formula is C18H26F3N3O2. The molecule has 0 aromatic heterocycles. The monoisotopic (exact) mass is 373 g/mol. The van der Waals surface area contributed by atoms with Gasteiger partial charge in [0.2, 0.25) is 5.91 Å². The summed E-state index contributed by atoms with van der Waals surface area (Å²) >= 11 is 0.